The zero-order valence-corrected chi connectivity index (χ0v) is 13.9. The Bertz CT molecular complexity index is 900. The molecule has 5 nitrogen and oxygen atoms in total. The first-order valence-electron chi connectivity index (χ1n) is 7.71. The van der Waals surface area contributed by atoms with Gasteiger partial charge in [0.2, 0.25) is 0 Å². The van der Waals surface area contributed by atoms with Gasteiger partial charge in [-0.15, -0.1) is 0 Å². The van der Waals surface area contributed by atoms with E-state index < -0.39 is 5.97 Å². The van der Waals surface area contributed by atoms with E-state index in [1.807, 2.05) is 45.0 Å². The highest BCUT2D eigenvalue weighted by atomic mass is 16.4. The Morgan fingerprint density at radius 2 is 1.88 bits per heavy atom. The molecule has 0 fully saturated rings. The van der Waals surface area contributed by atoms with Gasteiger partial charge in [0.1, 0.15) is 5.82 Å². The smallest absolute Gasteiger partial charge is 0.336 e. The Morgan fingerprint density at radius 3 is 2.50 bits per heavy atom. The van der Waals surface area contributed by atoms with Gasteiger partial charge in [0, 0.05) is 28.9 Å². The quantitative estimate of drug-likeness (QED) is 0.756. The van der Waals surface area contributed by atoms with E-state index in [0.29, 0.717) is 11.2 Å². The molecule has 0 aliphatic heterocycles. The minimum atomic E-state index is -0.975. The van der Waals surface area contributed by atoms with Crippen molar-refractivity contribution in [2.75, 3.05) is 5.32 Å². The summed E-state index contributed by atoms with van der Waals surface area (Å²) in [5.41, 5.74) is 1.57. The zero-order chi connectivity index (χ0) is 17.3. The average molecular weight is 321 g/mol. The van der Waals surface area contributed by atoms with Gasteiger partial charge in [-0.25, -0.2) is 9.78 Å². The van der Waals surface area contributed by atoms with Crippen LogP contribution in [0, 0.1) is 0 Å². The Morgan fingerprint density at radius 1 is 1.08 bits per heavy atom. The fourth-order valence-corrected chi connectivity index (χ4v) is 2.65. The number of carboxylic acid groups (broad SMARTS) is 1. The Hall–Kier alpha value is -2.95. The lowest BCUT2D eigenvalue weighted by Crippen LogP contribution is -2.27. The number of fused-ring (bicyclic) bond motifs is 1. The number of pyridine rings is 2. The maximum atomic E-state index is 11.7. The summed E-state index contributed by atoms with van der Waals surface area (Å²) in [6.07, 6.45) is 3.45. The molecule has 0 spiro atoms. The van der Waals surface area contributed by atoms with Crippen molar-refractivity contribution in [3.05, 3.63) is 54.4 Å². The molecule has 2 aromatic heterocycles. The Kier molecular flexibility index (Phi) is 3.93. The molecule has 1 aromatic carbocycles. The van der Waals surface area contributed by atoms with Gasteiger partial charge in [0.05, 0.1) is 11.3 Å². The average Bonchev–Trinajstić information content (AvgIpc) is 2.54. The van der Waals surface area contributed by atoms with Crippen molar-refractivity contribution >= 4 is 22.6 Å². The molecule has 0 saturated heterocycles. The maximum absolute atomic E-state index is 11.7. The molecule has 0 bridgehead atoms. The summed E-state index contributed by atoms with van der Waals surface area (Å²) in [6, 6.07) is 10.9. The van der Waals surface area contributed by atoms with Crippen molar-refractivity contribution in [2.45, 2.75) is 26.3 Å². The van der Waals surface area contributed by atoms with Crippen molar-refractivity contribution in [1.29, 1.82) is 0 Å². The number of anilines is 1. The van der Waals surface area contributed by atoms with Crippen molar-refractivity contribution in [1.82, 2.24) is 9.97 Å². The summed E-state index contributed by atoms with van der Waals surface area (Å²) in [5, 5.41) is 14.3. The monoisotopic (exact) mass is 321 g/mol. The fraction of sp³-hybridized carbons (Fsp3) is 0.211. The summed E-state index contributed by atoms with van der Waals surface area (Å²) in [6.45, 7) is 6.03. The second-order valence-corrected chi connectivity index (χ2v) is 6.64. The summed E-state index contributed by atoms with van der Waals surface area (Å²) < 4.78 is 0. The van der Waals surface area contributed by atoms with Gasteiger partial charge < -0.3 is 10.4 Å². The highest BCUT2D eigenvalue weighted by Gasteiger charge is 2.19. The highest BCUT2D eigenvalue weighted by molar-refractivity contribution is 6.12. The number of hydrogen-bond acceptors (Lipinski definition) is 4. The van der Waals surface area contributed by atoms with Crippen molar-refractivity contribution in [3.63, 3.8) is 0 Å². The number of aromatic carboxylic acids is 1. The third kappa shape index (κ3) is 3.06. The summed E-state index contributed by atoms with van der Waals surface area (Å²) in [5.74, 6) is -0.410. The predicted molar refractivity (Wildman–Crippen MR) is 95.3 cm³/mol. The number of aromatic nitrogens is 2. The lowest BCUT2D eigenvalue weighted by atomic mass is 9.99. The molecule has 5 heteroatoms. The number of benzene rings is 1. The third-order valence-corrected chi connectivity index (χ3v) is 3.58. The molecule has 24 heavy (non-hydrogen) atoms. The van der Waals surface area contributed by atoms with Crippen LogP contribution in [0.1, 0.15) is 31.1 Å². The number of nitrogens with one attached hydrogen (secondary N) is 1. The molecule has 0 radical (unpaired) electrons. The van der Waals surface area contributed by atoms with Gasteiger partial charge in [-0.2, -0.15) is 0 Å². The molecular weight excluding hydrogens is 302 g/mol. The standard InChI is InChI=1S/C19H19N3O2/c1-19(2,3)22-17-16-12(7-6-8-13(16)18(23)24)14(11-21-17)15-9-4-5-10-20-15/h4-11H,1-3H3,(H,21,22)(H,23,24). The van der Waals surface area contributed by atoms with Gasteiger partial charge in [0.15, 0.2) is 0 Å². The highest BCUT2D eigenvalue weighted by Crippen LogP contribution is 2.34. The molecule has 3 rings (SSSR count). The van der Waals surface area contributed by atoms with E-state index in [0.717, 1.165) is 16.6 Å². The Balaban J connectivity index is 2.34. The van der Waals surface area contributed by atoms with Crippen molar-refractivity contribution in [3.8, 4) is 11.3 Å². The first-order chi connectivity index (χ1) is 11.4. The second kappa shape index (κ2) is 5.92. The van der Waals surface area contributed by atoms with Crippen LogP contribution in [0.3, 0.4) is 0 Å². The molecule has 0 unspecified atom stereocenters. The van der Waals surface area contributed by atoms with Gasteiger partial charge in [-0.3, -0.25) is 4.98 Å². The molecule has 0 amide bonds. The SMILES string of the molecule is CC(C)(C)Nc1ncc(-c2ccccn2)c2cccc(C(=O)O)c12. The lowest BCUT2D eigenvalue weighted by molar-refractivity contribution is 0.0699. The van der Waals surface area contributed by atoms with E-state index in [-0.39, 0.29) is 11.1 Å². The molecule has 3 aromatic rings. The van der Waals surface area contributed by atoms with E-state index in [9.17, 15) is 9.90 Å². The molecular formula is C19H19N3O2. The van der Waals surface area contributed by atoms with Crippen LogP contribution < -0.4 is 5.32 Å². The van der Waals surface area contributed by atoms with Gasteiger partial charge in [-0.1, -0.05) is 18.2 Å². The van der Waals surface area contributed by atoms with Crippen LogP contribution in [0.5, 0.6) is 0 Å². The first-order valence-corrected chi connectivity index (χ1v) is 7.71. The van der Waals surface area contributed by atoms with Crippen molar-refractivity contribution < 1.29 is 9.90 Å². The lowest BCUT2D eigenvalue weighted by Gasteiger charge is -2.23. The van der Waals surface area contributed by atoms with E-state index in [4.69, 9.17) is 0 Å². The molecule has 0 aliphatic carbocycles. The summed E-state index contributed by atoms with van der Waals surface area (Å²) >= 11 is 0. The molecule has 0 atom stereocenters. The minimum absolute atomic E-state index is 0.226. The van der Waals surface area contributed by atoms with E-state index in [2.05, 4.69) is 15.3 Å². The minimum Gasteiger partial charge on any atom is -0.478 e. The van der Waals surface area contributed by atoms with E-state index in [1.165, 1.54) is 0 Å². The maximum Gasteiger partial charge on any atom is 0.336 e. The fourth-order valence-electron chi connectivity index (χ4n) is 2.65. The first kappa shape index (κ1) is 15.9. The molecule has 2 N–H and O–H groups in total. The number of carboxylic acids is 1. The van der Waals surface area contributed by atoms with Crippen LogP contribution in [0.15, 0.2) is 48.8 Å². The summed E-state index contributed by atoms with van der Waals surface area (Å²) in [4.78, 5) is 20.6. The molecule has 2 heterocycles. The zero-order valence-electron chi connectivity index (χ0n) is 13.9. The largest absolute Gasteiger partial charge is 0.478 e. The molecule has 0 saturated carbocycles. The van der Waals surface area contributed by atoms with Crippen LogP contribution in [-0.4, -0.2) is 26.6 Å². The topological polar surface area (TPSA) is 75.1 Å². The second-order valence-electron chi connectivity index (χ2n) is 6.64. The van der Waals surface area contributed by atoms with Crippen LogP contribution in [0.25, 0.3) is 22.0 Å². The number of nitrogens with zero attached hydrogens (tertiary/aromatic N) is 2. The van der Waals surface area contributed by atoms with Gasteiger partial charge >= 0.3 is 5.97 Å². The van der Waals surface area contributed by atoms with Gasteiger partial charge in [0.25, 0.3) is 0 Å². The van der Waals surface area contributed by atoms with E-state index in [1.54, 1.807) is 24.5 Å². The molecule has 122 valence electrons. The van der Waals surface area contributed by atoms with E-state index >= 15 is 0 Å². The van der Waals surface area contributed by atoms with Gasteiger partial charge in [-0.05, 0) is 44.4 Å². The predicted octanol–water partition coefficient (Wildman–Crippen LogP) is 4.21. The van der Waals surface area contributed by atoms with Crippen LogP contribution >= 0.6 is 0 Å². The number of hydrogen-bond donors (Lipinski definition) is 2. The Labute approximate surface area is 140 Å². The number of carbonyl (C=O) groups is 1. The summed E-state index contributed by atoms with van der Waals surface area (Å²) in [7, 11) is 0. The van der Waals surface area contributed by atoms with Crippen LogP contribution in [0.2, 0.25) is 0 Å². The normalized spacial score (nSPS) is 11.5. The molecule has 0 aliphatic rings. The number of rotatable bonds is 3. The van der Waals surface area contributed by atoms with Crippen LogP contribution in [-0.2, 0) is 0 Å². The van der Waals surface area contributed by atoms with Crippen LogP contribution in [0.4, 0.5) is 5.82 Å². The third-order valence-electron chi connectivity index (χ3n) is 3.58. The van der Waals surface area contributed by atoms with Crippen molar-refractivity contribution in [2.24, 2.45) is 0 Å².